The van der Waals surface area contributed by atoms with Gasteiger partial charge in [0.25, 0.3) is 0 Å². The number of nitrogens with zero attached hydrogens (tertiary/aromatic N) is 2. The van der Waals surface area contributed by atoms with Gasteiger partial charge in [-0.2, -0.15) is 0 Å². The van der Waals surface area contributed by atoms with E-state index in [1.165, 1.54) is 19.4 Å². The molecule has 2 fully saturated rings. The summed E-state index contributed by atoms with van der Waals surface area (Å²) >= 11 is 0. The van der Waals surface area contributed by atoms with Crippen LogP contribution in [0.15, 0.2) is 29.1 Å². The van der Waals surface area contributed by atoms with Gasteiger partial charge in [-0.15, -0.1) is 0 Å². The molecule has 2 aromatic rings. The highest BCUT2D eigenvalue weighted by atomic mass is 16.5. The summed E-state index contributed by atoms with van der Waals surface area (Å²) in [6, 6.07) is 8.31. The first-order chi connectivity index (χ1) is 11.2. The Morgan fingerprint density at radius 1 is 1.22 bits per heavy atom. The van der Waals surface area contributed by atoms with Crippen molar-refractivity contribution in [1.82, 2.24) is 14.5 Å². The molecule has 5 heteroatoms. The van der Waals surface area contributed by atoms with Gasteiger partial charge in [-0.1, -0.05) is 12.1 Å². The monoisotopic (exact) mass is 315 g/mol. The molecule has 1 saturated heterocycles. The van der Waals surface area contributed by atoms with Gasteiger partial charge >= 0.3 is 5.69 Å². The van der Waals surface area contributed by atoms with Crippen LogP contribution in [0.25, 0.3) is 11.0 Å². The fourth-order valence-corrected chi connectivity index (χ4v) is 4.18. The molecule has 0 atom stereocenters. The molecule has 1 saturated carbocycles. The van der Waals surface area contributed by atoms with E-state index in [1.54, 1.807) is 0 Å². The predicted octanol–water partition coefficient (Wildman–Crippen LogP) is 2.39. The van der Waals surface area contributed by atoms with Gasteiger partial charge in [0, 0.05) is 32.8 Å². The molecule has 0 bridgehead atoms. The lowest BCUT2D eigenvalue weighted by atomic mass is 9.81. The van der Waals surface area contributed by atoms with E-state index in [4.69, 9.17) is 4.74 Å². The van der Waals surface area contributed by atoms with Crippen LogP contribution < -0.4 is 5.69 Å². The second-order valence-corrected chi connectivity index (χ2v) is 7.04. The third kappa shape index (κ3) is 2.83. The van der Waals surface area contributed by atoms with Crippen LogP contribution in [0.2, 0.25) is 0 Å². The van der Waals surface area contributed by atoms with Gasteiger partial charge in [-0.25, -0.2) is 4.79 Å². The van der Waals surface area contributed by atoms with Crippen molar-refractivity contribution in [3.05, 3.63) is 34.7 Å². The number of likely N-dealkylation sites (tertiary alicyclic amines) is 1. The molecule has 1 aromatic heterocycles. The summed E-state index contributed by atoms with van der Waals surface area (Å²) in [6.07, 6.45) is 5.02. The van der Waals surface area contributed by atoms with Gasteiger partial charge in [0.2, 0.25) is 0 Å². The van der Waals surface area contributed by atoms with Crippen LogP contribution in [0.3, 0.4) is 0 Å². The van der Waals surface area contributed by atoms with E-state index in [2.05, 4.69) is 9.88 Å². The number of benzene rings is 1. The second kappa shape index (κ2) is 6.13. The van der Waals surface area contributed by atoms with E-state index in [9.17, 15) is 4.79 Å². The van der Waals surface area contributed by atoms with Crippen molar-refractivity contribution >= 4 is 11.0 Å². The Bertz CT molecular complexity index is 721. The minimum atomic E-state index is 0.0339. The van der Waals surface area contributed by atoms with E-state index in [0.717, 1.165) is 42.9 Å². The summed E-state index contributed by atoms with van der Waals surface area (Å²) < 4.78 is 7.33. The molecular weight excluding hydrogens is 290 g/mol. The number of aromatic amines is 1. The molecule has 2 heterocycles. The van der Waals surface area contributed by atoms with Crippen molar-refractivity contribution in [2.45, 2.75) is 37.8 Å². The van der Waals surface area contributed by atoms with Crippen molar-refractivity contribution in [2.24, 2.45) is 5.92 Å². The zero-order valence-electron chi connectivity index (χ0n) is 13.7. The number of aromatic nitrogens is 2. The number of H-pyrrole nitrogens is 1. The van der Waals surface area contributed by atoms with Crippen LogP contribution in [-0.4, -0.2) is 47.3 Å². The number of methoxy groups -OCH3 is 1. The van der Waals surface area contributed by atoms with E-state index in [1.807, 2.05) is 35.9 Å². The number of nitrogens with one attached hydrogen (secondary N) is 1. The molecule has 0 spiro atoms. The van der Waals surface area contributed by atoms with Crippen molar-refractivity contribution in [3.63, 3.8) is 0 Å². The number of piperidine rings is 1. The standard InChI is InChI=1S/C18H25N3O2/c1-23-15-10-13(11-15)12-20-8-6-14(7-9-20)21-17-5-3-2-4-16(17)19-18(21)22/h2-5,13-15H,6-12H2,1H3,(H,19,22). The molecule has 2 aliphatic rings. The van der Waals surface area contributed by atoms with E-state index in [-0.39, 0.29) is 5.69 Å². The number of ether oxygens (including phenoxy) is 1. The average Bonchev–Trinajstić information content (AvgIpc) is 2.87. The number of hydrogen-bond donors (Lipinski definition) is 1. The topological polar surface area (TPSA) is 50.3 Å². The molecule has 1 N–H and O–H groups in total. The minimum Gasteiger partial charge on any atom is -0.381 e. The Kier molecular flexibility index (Phi) is 3.99. The summed E-state index contributed by atoms with van der Waals surface area (Å²) in [7, 11) is 1.81. The normalized spacial score (nSPS) is 26.5. The van der Waals surface area contributed by atoms with Gasteiger partial charge in [0.05, 0.1) is 17.1 Å². The van der Waals surface area contributed by atoms with Crippen LogP contribution in [-0.2, 0) is 4.74 Å². The fraction of sp³-hybridized carbons (Fsp3) is 0.611. The van der Waals surface area contributed by atoms with Crippen LogP contribution in [0, 0.1) is 5.92 Å². The lowest BCUT2D eigenvalue weighted by molar-refractivity contribution is -0.0139. The third-order valence-electron chi connectivity index (χ3n) is 5.59. The Labute approximate surface area is 136 Å². The number of imidazole rings is 1. The average molecular weight is 315 g/mol. The minimum absolute atomic E-state index is 0.0339. The molecule has 124 valence electrons. The summed E-state index contributed by atoms with van der Waals surface area (Å²) in [5.41, 5.74) is 2.02. The largest absolute Gasteiger partial charge is 0.381 e. The maximum absolute atomic E-state index is 12.3. The first-order valence-corrected chi connectivity index (χ1v) is 8.69. The van der Waals surface area contributed by atoms with Crippen molar-refractivity contribution in [2.75, 3.05) is 26.7 Å². The second-order valence-electron chi connectivity index (χ2n) is 7.04. The van der Waals surface area contributed by atoms with Gasteiger partial charge in [-0.3, -0.25) is 4.57 Å². The number of rotatable bonds is 4. The number of para-hydroxylation sites is 2. The molecule has 0 amide bonds. The molecule has 1 aromatic carbocycles. The number of hydrogen-bond acceptors (Lipinski definition) is 3. The molecule has 5 nitrogen and oxygen atoms in total. The molecule has 23 heavy (non-hydrogen) atoms. The first kappa shape index (κ1) is 15.0. The highest BCUT2D eigenvalue weighted by molar-refractivity contribution is 5.75. The molecule has 1 aliphatic carbocycles. The fourth-order valence-electron chi connectivity index (χ4n) is 4.18. The highest BCUT2D eigenvalue weighted by Crippen LogP contribution is 2.32. The van der Waals surface area contributed by atoms with Crippen LogP contribution >= 0.6 is 0 Å². The van der Waals surface area contributed by atoms with E-state index < -0.39 is 0 Å². The van der Waals surface area contributed by atoms with Crippen LogP contribution in [0.5, 0.6) is 0 Å². The zero-order valence-corrected chi connectivity index (χ0v) is 13.7. The number of fused-ring (bicyclic) bond motifs is 1. The van der Waals surface area contributed by atoms with E-state index >= 15 is 0 Å². The summed E-state index contributed by atoms with van der Waals surface area (Å²) in [5.74, 6) is 0.798. The maximum atomic E-state index is 12.3. The van der Waals surface area contributed by atoms with Crippen LogP contribution in [0.4, 0.5) is 0 Å². The Morgan fingerprint density at radius 2 is 1.96 bits per heavy atom. The van der Waals surface area contributed by atoms with Gasteiger partial charge < -0.3 is 14.6 Å². The Morgan fingerprint density at radius 3 is 2.70 bits per heavy atom. The van der Waals surface area contributed by atoms with Gasteiger partial charge in [-0.05, 0) is 43.7 Å². The molecule has 4 rings (SSSR count). The molecule has 1 aliphatic heterocycles. The summed E-state index contributed by atoms with van der Waals surface area (Å²) in [6.45, 7) is 3.37. The molecular formula is C18H25N3O2. The smallest absolute Gasteiger partial charge is 0.326 e. The zero-order chi connectivity index (χ0) is 15.8. The van der Waals surface area contributed by atoms with Crippen molar-refractivity contribution in [3.8, 4) is 0 Å². The molecule has 0 radical (unpaired) electrons. The molecule has 0 unspecified atom stereocenters. The quantitative estimate of drug-likeness (QED) is 0.942. The summed E-state index contributed by atoms with van der Waals surface area (Å²) in [5, 5.41) is 0. The van der Waals surface area contributed by atoms with Gasteiger partial charge in [0.1, 0.15) is 0 Å². The van der Waals surface area contributed by atoms with Crippen molar-refractivity contribution < 1.29 is 4.74 Å². The lowest BCUT2D eigenvalue weighted by Crippen LogP contribution is -2.43. The third-order valence-corrected chi connectivity index (χ3v) is 5.59. The van der Waals surface area contributed by atoms with Gasteiger partial charge in [0.15, 0.2) is 0 Å². The SMILES string of the molecule is COC1CC(CN2CCC(n3c(=O)[nH]c4ccccc43)CC2)C1. The predicted molar refractivity (Wildman–Crippen MR) is 90.8 cm³/mol. The first-order valence-electron chi connectivity index (χ1n) is 8.69. The summed E-state index contributed by atoms with van der Waals surface area (Å²) in [4.78, 5) is 17.8. The maximum Gasteiger partial charge on any atom is 0.326 e. The van der Waals surface area contributed by atoms with Crippen LogP contribution in [0.1, 0.15) is 31.7 Å². The van der Waals surface area contributed by atoms with E-state index in [0.29, 0.717) is 12.1 Å². The lowest BCUT2D eigenvalue weighted by Gasteiger charge is -2.40. The Balaban J connectivity index is 1.39. The van der Waals surface area contributed by atoms with Crippen molar-refractivity contribution in [1.29, 1.82) is 0 Å². The Hall–Kier alpha value is -1.59. The highest BCUT2D eigenvalue weighted by Gasteiger charge is 2.32.